The van der Waals surface area contributed by atoms with E-state index in [1.165, 1.54) is 5.56 Å². The van der Waals surface area contributed by atoms with Crippen LogP contribution in [-0.4, -0.2) is 11.7 Å². The van der Waals surface area contributed by atoms with Crippen molar-refractivity contribution >= 4 is 0 Å². The second-order valence-electron chi connectivity index (χ2n) is 4.27. The first-order valence-corrected chi connectivity index (χ1v) is 5.63. The molecule has 0 aliphatic carbocycles. The van der Waals surface area contributed by atoms with Gasteiger partial charge in [-0.15, -0.1) is 0 Å². The monoisotopic (exact) mass is 207 g/mol. The summed E-state index contributed by atoms with van der Waals surface area (Å²) in [6, 6.07) is 8.20. The summed E-state index contributed by atoms with van der Waals surface area (Å²) in [6.45, 7) is 4.97. The summed E-state index contributed by atoms with van der Waals surface area (Å²) in [6.07, 6.45) is 1.25. The minimum Gasteiger partial charge on any atom is -0.388 e. The molecular weight excluding hydrogens is 186 g/mol. The normalized spacial score (nSPS) is 13.1. The molecule has 84 valence electrons. The van der Waals surface area contributed by atoms with Gasteiger partial charge in [0.15, 0.2) is 0 Å². The molecule has 1 rings (SSSR count). The van der Waals surface area contributed by atoms with Crippen molar-refractivity contribution in [1.29, 1.82) is 0 Å². The van der Waals surface area contributed by atoms with E-state index in [2.05, 4.69) is 26.0 Å². The molecule has 0 aromatic heterocycles. The highest BCUT2D eigenvalue weighted by Crippen LogP contribution is 2.21. The molecule has 1 atom stereocenters. The minimum atomic E-state index is -0.366. The maximum atomic E-state index is 9.83. The Balaban J connectivity index is 2.62. The highest BCUT2D eigenvalue weighted by atomic mass is 16.3. The van der Waals surface area contributed by atoms with Gasteiger partial charge in [0.1, 0.15) is 0 Å². The van der Waals surface area contributed by atoms with Crippen molar-refractivity contribution in [3.05, 3.63) is 35.4 Å². The van der Waals surface area contributed by atoms with Gasteiger partial charge in [-0.3, -0.25) is 0 Å². The van der Waals surface area contributed by atoms with Crippen LogP contribution in [0.5, 0.6) is 0 Å². The highest BCUT2D eigenvalue weighted by molar-refractivity contribution is 5.25. The summed E-state index contributed by atoms with van der Waals surface area (Å²) in [4.78, 5) is 0. The van der Waals surface area contributed by atoms with E-state index in [0.717, 1.165) is 18.4 Å². The lowest BCUT2D eigenvalue weighted by molar-refractivity contribution is 0.165. The van der Waals surface area contributed by atoms with Gasteiger partial charge in [0.2, 0.25) is 0 Å². The van der Waals surface area contributed by atoms with Gasteiger partial charge in [-0.05, 0) is 36.4 Å². The SMILES string of the molecule is CC(C)c1ccc(C(O)CCCN)cc1. The standard InChI is InChI=1S/C13H21NO/c1-10(2)11-5-7-12(8-6-11)13(15)4-3-9-14/h5-8,10,13,15H,3-4,9,14H2,1-2H3. The third kappa shape index (κ3) is 3.65. The molecule has 0 aliphatic heterocycles. The molecule has 0 bridgehead atoms. The van der Waals surface area contributed by atoms with E-state index in [0.29, 0.717) is 12.5 Å². The Morgan fingerprint density at radius 2 is 1.67 bits per heavy atom. The average Bonchev–Trinajstić information content (AvgIpc) is 2.26. The molecule has 0 heterocycles. The van der Waals surface area contributed by atoms with Crippen LogP contribution in [0.1, 0.15) is 49.8 Å². The smallest absolute Gasteiger partial charge is 0.0790 e. The van der Waals surface area contributed by atoms with E-state index in [1.807, 2.05) is 12.1 Å². The van der Waals surface area contributed by atoms with E-state index < -0.39 is 0 Å². The number of nitrogens with two attached hydrogens (primary N) is 1. The Bertz CT molecular complexity index is 279. The molecule has 0 amide bonds. The first-order valence-electron chi connectivity index (χ1n) is 5.63. The number of hydrogen-bond acceptors (Lipinski definition) is 2. The highest BCUT2D eigenvalue weighted by Gasteiger charge is 2.07. The molecule has 0 saturated carbocycles. The molecule has 3 N–H and O–H groups in total. The fraction of sp³-hybridized carbons (Fsp3) is 0.538. The van der Waals surface area contributed by atoms with E-state index in [-0.39, 0.29) is 6.10 Å². The van der Waals surface area contributed by atoms with Crippen LogP contribution in [0.15, 0.2) is 24.3 Å². The fourth-order valence-electron chi connectivity index (χ4n) is 1.58. The Hall–Kier alpha value is -0.860. The zero-order chi connectivity index (χ0) is 11.3. The van der Waals surface area contributed by atoms with Crippen molar-refractivity contribution in [3.8, 4) is 0 Å². The average molecular weight is 207 g/mol. The third-order valence-corrected chi connectivity index (χ3v) is 2.67. The molecule has 1 unspecified atom stereocenters. The molecule has 15 heavy (non-hydrogen) atoms. The number of benzene rings is 1. The second-order valence-corrected chi connectivity index (χ2v) is 4.27. The lowest BCUT2D eigenvalue weighted by Gasteiger charge is -2.12. The van der Waals surface area contributed by atoms with Crippen molar-refractivity contribution in [2.45, 2.75) is 38.7 Å². The van der Waals surface area contributed by atoms with Gasteiger partial charge < -0.3 is 10.8 Å². The van der Waals surface area contributed by atoms with Crippen molar-refractivity contribution < 1.29 is 5.11 Å². The summed E-state index contributed by atoms with van der Waals surface area (Å²) in [5, 5.41) is 9.83. The predicted molar refractivity (Wildman–Crippen MR) is 63.8 cm³/mol. The summed E-state index contributed by atoms with van der Waals surface area (Å²) in [7, 11) is 0. The number of hydrogen-bond donors (Lipinski definition) is 2. The van der Waals surface area contributed by atoms with Gasteiger partial charge in [-0.25, -0.2) is 0 Å². The first-order chi connectivity index (χ1) is 7.15. The number of aliphatic hydroxyl groups excluding tert-OH is 1. The Morgan fingerprint density at radius 3 is 2.13 bits per heavy atom. The lowest BCUT2D eigenvalue weighted by Crippen LogP contribution is -2.03. The van der Waals surface area contributed by atoms with Crippen LogP contribution in [0.2, 0.25) is 0 Å². The lowest BCUT2D eigenvalue weighted by atomic mass is 9.98. The predicted octanol–water partition coefficient (Wildman–Crippen LogP) is 2.58. The molecule has 0 radical (unpaired) electrons. The summed E-state index contributed by atoms with van der Waals surface area (Å²) in [5.74, 6) is 0.542. The van der Waals surface area contributed by atoms with Crippen LogP contribution in [0.4, 0.5) is 0 Å². The van der Waals surface area contributed by atoms with E-state index >= 15 is 0 Å². The molecule has 0 saturated heterocycles. The Morgan fingerprint density at radius 1 is 1.13 bits per heavy atom. The van der Waals surface area contributed by atoms with Crippen molar-refractivity contribution in [3.63, 3.8) is 0 Å². The van der Waals surface area contributed by atoms with Gasteiger partial charge in [0, 0.05) is 0 Å². The summed E-state index contributed by atoms with van der Waals surface area (Å²) >= 11 is 0. The zero-order valence-electron chi connectivity index (χ0n) is 9.61. The molecule has 1 aromatic carbocycles. The van der Waals surface area contributed by atoms with Crippen LogP contribution < -0.4 is 5.73 Å². The van der Waals surface area contributed by atoms with Crippen LogP contribution in [0.25, 0.3) is 0 Å². The first kappa shape index (κ1) is 12.2. The molecule has 0 aliphatic rings. The Kier molecular flexibility index (Phi) is 4.79. The molecule has 0 fully saturated rings. The van der Waals surface area contributed by atoms with E-state index in [4.69, 9.17) is 5.73 Å². The van der Waals surface area contributed by atoms with Crippen LogP contribution in [0.3, 0.4) is 0 Å². The number of aliphatic hydroxyl groups is 1. The van der Waals surface area contributed by atoms with Crippen molar-refractivity contribution in [2.75, 3.05) is 6.54 Å². The van der Waals surface area contributed by atoms with Crippen LogP contribution in [0, 0.1) is 0 Å². The van der Waals surface area contributed by atoms with Crippen LogP contribution >= 0.6 is 0 Å². The van der Waals surface area contributed by atoms with Crippen LogP contribution in [-0.2, 0) is 0 Å². The largest absolute Gasteiger partial charge is 0.388 e. The van der Waals surface area contributed by atoms with Gasteiger partial charge >= 0.3 is 0 Å². The maximum Gasteiger partial charge on any atom is 0.0790 e. The molecule has 0 spiro atoms. The van der Waals surface area contributed by atoms with Gasteiger partial charge in [0.25, 0.3) is 0 Å². The summed E-state index contributed by atoms with van der Waals surface area (Å²) < 4.78 is 0. The quantitative estimate of drug-likeness (QED) is 0.779. The second kappa shape index (κ2) is 5.89. The van der Waals surface area contributed by atoms with Gasteiger partial charge in [-0.1, -0.05) is 38.1 Å². The molecule has 2 heteroatoms. The molecular formula is C13H21NO. The summed E-state index contributed by atoms with van der Waals surface area (Å²) in [5.41, 5.74) is 7.71. The maximum absolute atomic E-state index is 9.83. The van der Waals surface area contributed by atoms with Gasteiger partial charge in [0.05, 0.1) is 6.10 Å². The molecule has 2 nitrogen and oxygen atoms in total. The molecule has 1 aromatic rings. The zero-order valence-corrected chi connectivity index (χ0v) is 9.61. The van der Waals surface area contributed by atoms with Crippen molar-refractivity contribution in [1.82, 2.24) is 0 Å². The third-order valence-electron chi connectivity index (χ3n) is 2.67. The minimum absolute atomic E-state index is 0.366. The van der Waals surface area contributed by atoms with Crippen molar-refractivity contribution in [2.24, 2.45) is 5.73 Å². The Labute approximate surface area is 92.1 Å². The van der Waals surface area contributed by atoms with Gasteiger partial charge in [-0.2, -0.15) is 0 Å². The number of rotatable bonds is 5. The van der Waals surface area contributed by atoms with E-state index in [1.54, 1.807) is 0 Å². The topological polar surface area (TPSA) is 46.2 Å². The van der Waals surface area contributed by atoms with E-state index in [9.17, 15) is 5.11 Å². The fourth-order valence-corrected chi connectivity index (χ4v) is 1.58.